The lowest BCUT2D eigenvalue weighted by atomic mass is 9.93. The Hall–Kier alpha value is -3.27. The highest BCUT2D eigenvalue weighted by Crippen LogP contribution is 2.33. The largest absolute Gasteiger partial charge is 0.381 e. The third kappa shape index (κ3) is 7.76. The van der Waals surface area contributed by atoms with Gasteiger partial charge in [0.25, 0.3) is 5.91 Å². The number of benzene rings is 2. The van der Waals surface area contributed by atoms with Gasteiger partial charge in [-0.25, -0.2) is 0 Å². The minimum Gasteiger partial charge on any atom is -0.381 e. The van der Waals surface area contributed by atoms with Gasteiger partial charge < -0.3 is 20.3 Å². The van der Waals surface area contributed by atoms with E-state index in [1.807, 2.05) is 48.2 Å². The number of rotatable bonds is 10. The van der Waals surface area contributed by atoms with Crippen LogP contribution in [0.15, 0.2) is 54.6 Å². The molecule has 1 saturated carbocycles. The van der Waals surface area contributed by atoms with E-state index < -0.39 is 5.54 Å². The summed E-state index contributed by atoms with van der Waals surface area (Å²) in [5.74, 6) is -0.179. The summed E-state index contributed by atoms with van der Waals surface area (Å²) in [6, 6.07) is 18.6. The average Bonchev–Trinajstić information content (AvgIpc) is 3.72. The Balaban J connectivity index is 1.09. The normalized spacial score (nSPS) is 19.8. The third-order valence-electron chi connectivity index (χ3n) is 9.88. The molecule has 3 amide bonds. The molecule has 45 heavy (non-hydrogen) atoms. The lowest BCUT2D eigenvalue weighted by Crippen LogP contribution is -2.59. The van der Waals surface area contributed by atoms with Gasteiger partial charge in [0.15, 0.2) is 0 Å². The SMILES string of the molecule is Cc1ccc2cc(C(=O)NC3(C(=O)NC(CCC(=O)N4CCN(C5CCOCC5)CC4)Cc4ccccc4)CCCC3)sc2c1. The number of hydrogen-bond acceptors (Lipinski definition) is 6. The molecule has 3 fully saturated rings. The molecule has 0 spiro atoms. The number of ether oxygens (including phenoxy) is 1. The molecule has 1 unspecified atom stereocenters. The van der Waals surface area contributed by atoms with E-state index in [-0.39, 0.29) is 23.8 Å². The van der Waals surface area contributed by atoms with E-state index in [9.17, 15) is 14.4 Å². The van der Waals surface area contributed by atoms with Crippen LogP contribution >= 0.6 is 11.3 Å². The summed E-state index contributed by atoms with van der Waals surface area (Å²) in [4.78, 5) is 46.1. The lowest BCUT2D eigenvalue weighted by Gasteiger charge is -2.40. The van der Waals surface area contributed by atoms with Gasteiger partial charge in [-0.15, -0.1) is 11.3 Å². The van der Waals surface area contributed by atoms with Crippen molar-refractivity contribution < 1.29 is 19.1 Å². The molecule has 2 N–H and O–H groups in total. The summed E-state index contributed by atoms with van der Waals surface area (Å²) in [6.07, 6.45) is 6.72. The number of carbonyl (C=O) groups excluding carboxylic acids is 3. The number of piperazine rings is 1. The van der Waals surface area contributed by atoms with Gasteiger partial charge in [0.1, 0.15) is 5.54 Å². The summed E-state index contributed by atoms with van der Waals surface area (Å²) < 4.78 is 6.60. The quantitative estimate of drug-likeness (QED) is 0.326. The van der Waals surface area contributed by atoms with E-state index in [0.717, 1.165) is 86.3 Å². The molecule has 1 aliphatic carbocycles. The zero-order valence-electron chi connectivity index (χ0n) is 26.4. The molecule has 240 valence electrons. The van der Waals surface area contributed by atoms with Gasteiger partial charge in [0.05, 0.1) is 4.88 Å². The summed E-state index contributed by atoms with van der Waals surface area (Å²) in [5.41, 5.74) is 1.33. The summed E-state index contributed by atoms with van der Waals surface area (Å²) in [6.45, 7) is 7.01. The predicted molar refractivity (Wildman–Crippen MR) is 179 cm³/mol. The lowest BCUT2D eigenvalue weighted by molar-refractivity contribution is -0.134. The monoisotopic (exact) mass is 630 g/mol. The highest BCUT2D eigenvalue weighted by Gasteiger charge is 2.43. The second kappa shape index (κ2) is 14.4. The first-order valence-corrected chi connectivity index (χ1v) is 17.5. The standard InChI is InChI=1S/C36H46N4O4S/c1-26-9-10-28-25-32(45-31(28)23-26)34(42)38-36(15-5-6-16-36)35(43)37-29(24-27-7-3-2-4-8-27)11-12-33(41)40-19-17-39(18-20-40)30-13-21-44-22-14-30/h2-4,7-10,23,25,29-30H,5-6,11-22,24H2,1H3,(H,37,43)(H,38,42). The second-order valence-corrected chi connectivity index (χ2v) is 14.1. The fourth-order valence-corrected chi connectivity index (χ4v) is 8.26. The maximum atomic E-state index is 14.1. The van der Waals surface area contributed by atoms with E-state index in [4.69, 9.17) is 4.74 Å². The second-order valence-electron chi connectivity index (χ2n) is 13.1. The Labute approximate surface area is 270 Å². The number of nitrogens with one attached hydrogen (secondary N) is 2. The molecule has 2 aliphatic heterocycles. The summed E-state index contributed by atoms with van der Waals surface area (Å²) >= 11 is 1.47. The van der Waals surface area contributed by atoms with E-state index >= 15 is 0 Å². The molecule has 8 nitrogen and oxygen atoms in total. The highest BCUT2D eigenvalue weighted by molar-refractivity contribution is 7.20. The molecule has 2 aromatic carbocycles. The molecule has 0 radical (unpaired) electrons. The van der Waals surface area contributed by atoms with E-state index in [1.165, 1.54) is 11.3 Å². The van der Waals surface area contributed by atoms with Crippen LogP contribution in [0.3, 0.4) is 0 Å². The van der Waals surface area contributed by atoms with Crippen LogP contribution in [-0.4, -0.2) is 84.5 Å². The molecule has 1 aromatic heterocycles. The Bertz CT molecular complexity index is 1470. The molecule has 9 heteroatoms. The molecule has 3 aromatic rings. The number of aryl methyl sites for hydroxylation is 1. The molecule has 6 rings (SSSR count). The van der Waals surface area contributed by atoms with Gasteiger partial charge in [-0.2, -0.15) is 0 Å². The van der Waals surface area contributed by atoms with Crippen LogP contribution in [0.2, 0.25) is 0 Å². The van der Waals surface area contributed by atoms with Crippen molar-refractivity contribution in [3.8, 4) is 0 Å². The molecule has 3 aliphatic rings. The van der Waals surface area contributed by atoms with Crippen LogP contribution in [0.5, 0.6) is 0 Å². The Morgan fingerprint density at radius 2 is 1.71 bits per heavy atom. The first kappa shape index (κ1) is 31.7. The number of fused-ring (bicyclic) bond motifs is 1. The smallest absolute Gasteiger partial charge is 0.262 e. The van der Waals surface area contributed by atoms with Gasteiger partial charge in [-0.3, -0.25) is 19.3 Å². The molecule has 2 saturated heterocycles. The number of amides is 3. The number of carbonyl (C=O) groups is 3. The summed E-state index contributed by atoms with van der Waals surface area (Å²) in [5, 5.41) is 7.52. The first-order chi connectivity index (χ1) is 21.9. The van der Waals surface area contributed by atoms with Gasteiger partial charge in [0, 0.05) is 62.6 Å². The van der Waals surface area contributed by atoms with Crippen LogP contribution in [-0.2, 0) is 20.7 Å². The van der Waals surface area contributed by atoms with Crippen molar-refractivity contribution in [3.63, 3.8) is 0 Å². The maximum Gasteiger partial charge on any atom is 0.262 e. The van der Waals surface area contributed by atoms with Crippen molar-refractivity contribution in [3.05, 3.63) is 70.6 Å². The van der Waals surface area contributed by atoms with Crippen molar-refractivity contribution in [1.82, 2.24) is 20.4 Å². The van der Waals surface area contributed by atoms with Gasteiger partial charge >= 0.3 is 0 Å². The van der Waals surface area contributed by atoms with Crippen LogP contribution in [0.25, 0.3) is 10.1 Å². The number of nitrogens with zero attached hydrogens (tertiary/aromatic N) is 2. The van der Waals surface area contributed by atoms with Crippen molar-refractivity contribution >= 4 is 39.1 Å². The topological polar surface area (TPSA) is 91.0 Å². The van der Waals surface area contributed by atoms with Gasteiger partial charge in [-0.1, -0.05) is 55.3 Å². The van der Waals surface area contributed by atoms with E-state index in [0.29, 0.717) is 43.0 Å². The average molecular weight is 631 g/mol. The van der Waals surface area contributed by atoms with E-state index in [2.05, 4.69) is 33.7 Å². The summed E-state index contributed by atoms with van der Waals surface area (Å²) in [7, 11) is 0. The Morgan fingerprint density at radius 3 is 2.44 bits per heavy atom. The fourth-order valence-electron chi connectivity index (χ4n) is 7.21. The third-order valence-corrected chi connectivity index (χ3v) is 11.0. The van der Waals surface area contributed by atoms with Crippen LogP contribution in [0, 0.1) is 6.92 Å². The number of hydrogen-bond donors (Lipinski definition) is 2. The molecule has 0 bridgehead atoms. The molecule has 3 heterocycles. The van der Waals surface area contributed by atoms with Crippen LogP contribution in [0.1, 0.15) is 72.2 Å². The predicted octanol–water partition coefficient (Wildman–Crippen LogP) is 5.08. The Morgan fingerprint density at radius 1 is 0.978 bits per heavy atom. The van der Waals surface area contributed by atoms with Crippen molar-refractivity contribution in [2.24, 2.45) is 0 Å². The van der Waals surface area contributed by atoms with Crippen molar-refractivity contribution in [1.29, 1.82) is 0 Å². The Kier molecular flexibility index (Phi) is 10.2. The minimum absolute atomic E-state index is 0.135. The highest BCUT2D eigenvalue weighted by atomic mass is 32.1. The van der Waals surface area contributed by atoms with Gasteiger partial charge in [0.2, 0.25) is 11.8 Å². The molecular formula is C36H46N4O4S. The first-order valence-electron chi connectivity index (χ1n) is 16.7. The number of thiophene rings is 1. The van der Waals surface area contributed by atoms with Crippen LogP contribution < -0.4 is 10.6 Å². The minimum atomic E-state index is -0.942. The fraction of sp³-hybridized carbons (Fsp3) is 0.528. The molecule has 1 atom stereocenters. The maximum absolute atomic E-state index is 14.1. The zero-order valence-corrected chi connectivity index (χ0v) is 27.2. The molecular weight excluding hydrogens is 584 g/mol. The van der Waals surface area contributed by atoms with Crippen molar-refractivity contribution in [2.45, 2.75) is 82.3 Å². The van der Waals surface area contributed by atoms with Crippen LogP contribution in [0.4, 0.5) is 0 Å². The van der Waals surface area contributed by atoms with Gasteiger partial charge in [-0.05, 0) is 74.1 Å². The van der Waals surface area contributed by atoms with Crippen molar-refractivity contribution in [2.75, 3.05) is 39.4 Å². The zero-order chi connectivity index (χ0) is 31.2. The van der Waals surface area contributed by atoms with E-state index in [1.54, 1.807) is 0 Å².